The van der Waals surface area contributed by atoms with Crippen LogP contribution in [0.4, 0.5) is 11.5 Å². The molecule has 0 aliphatic carbocycles. The zero-order valence-corrected chi connectivity index (χ0v) is 11.1. The van der Waals surface area contributed by atoms with Gasteiger partial charge in [-0.2, -0.15) is 0 Å². The number of carbonyl (C=O) groups excluding carboxylic acids is 1. The van der Waals surface area contributed by atoms with Gasteiger partial charge >= 0.3 is 0 Å². The zero-order valence-electron chi connectivity index (χ0n) is 10.3. The Labute approximate surface area is 115 Å². The third kappa shape index (κ3) is 3.04. The third-order valence-corrected chi connectivity index (χ3v) is 3.86. The highest BCUT2D eigenvalue weighted by Gasteiger charge is 2.14. The predicted octanol–water partition coefficient (Wildman–Crippen LogP) is 0.563. The van der Waals surface area contributed by atoms with Crippen LogP contribution in [0.1, 0.15) is 10.4 Å². The van der Waals surface area contributed by atoms with Crippen LogP contribution in [0, 0.1) is 0 Å². The Balaban J connectivity index is 2.24. The lowest BCUT2D eigenvalue weighted by molar-refractivity contribution is 0.100. The van der Waals surface area contributed by atoms with E-state index < -0.39 is 15.9 Å². The first kappa shape index (κ1) is 13.8. The van der Waals surface area contributed by atoms with Crippen LogP contribution >= 0.6 is 0 Å². The number of aromatic nitrogens is 1. The van der Waals surface area contributed by atoms with Gasteiger partial charge in [0.1, 0.15) is 10.7 Å². The van der Waals surface area contributed by atoms with Gasteiger partial charge in [-0.1, -0.05) is 0 Å². The van der Waals surface area contributed by atoms with Crippen molar-refractivity contribution in [2.75, 3.05) is 10.5 Å². The molecule has 0 saturated heterocycles. The summed E-state index contributed by atoms with van der Waals surface area (Å²) in [5.74, 6) is -0.350. The molecule has 1 amide bonds. The summed E-state index contributed by atoms with van der Waals surface area (Å²) >= 11 is 0. The standard InChI is InChI=1S/C12H12N4O3S/c13-11-6-5-10(7-15-11)20(18,19)16-9-3-1-8(2-4-9)12(14)17/h1-7,16H,(H2,13,15)(H2,14,17). The molecule has 0 aliphatic heterocycles. The van der Waals surface area contributed by atoms with Crippen molar-refractivity contribution in [2.45, 2.75) is 4.90 Å². The lowest BCUT2D eigenvalue weighted by Crippen LogP contribution is -2.14. The van der Waals surface area contributed by atoms with Crippen LogP contribution in [0.2, 0.25) is 0 Å². The van der Waals surface area contributed by atoms with E-state index in [0.29, 0.717) is 11.3 Å². The fourth-order valence-electron chi connectivity index (χ4n) is 1.47. The van der Waals surface area contributed by atoms with Gasteiger partial charge in [0.05, 0.1) is 0 Å². The quantitative estimate of drug-likeness (QED) is 0.758. The highest BCUT2D eigenvalue weighted by molar-refractivity contribution is 7.92. The van der Waals surface area contributed by atoms with Gasteiger partial charge in [0.15, 0.2) is 0 Å². The number of primary amides is 1. The molecule has 0 saturated carbocycles. The normalized spacial score (nSPS) is 11.0. The van der Waals surface area contributed by atoms with E-state index in [1.54, 1.807) is 0 Å². The van der Waals surface area contributed by atoms with E-state index in [0.717, 1.165) is 6.20 Å². The molecule has 0 atom stereocenters. The van der Waals surface area contributed by atoms with Gasteiger partial charge < -0.3 is 11.5 Å². The summed E-state index contributed by atoms with van der Waals surface area (Å²) in [5.41, 5.74) is 11.1. The number of pyridine rings is 1. The molecule has 0 radical (unpaired) electrons. The second-order valence-corrected chi connectivity index (χ2v) is 5.65. The Bertz CT molecular complexity index is 724. The van der Waals surface area contributed by atoms with E-state index in [4.69, 9.17) is 11.5 Å². The monoisotopic (exact) mass is 292 g/mol. The first-order valence-corrected chi connectivity index (χ1v) is 7.01. The Morgan fingerprint density at radius 2 is 1.75 bits per heavy atom. The summed E-state index contributed by atoms with van der Waals surface area (Å²) in [7, 11) is -3.75. The van der Waals surface area contributed by atoms with Crippen molar-refractivity contribution in [3.05, 3.63) is 48.2 Å². The summed E-state index contributed by atoms with van der Waals surface area (Å²) in [5, 5.41) is 0. The van der Waals surface area contributed by atoms with Crippen molar-refractivity contribution in [1.82, 2.24) is 4.98 Å². The molecule has 1 aromatic carbocycles. The van der Waals surface area contributed by atoms with Gasteiger partial charge in [-0.15, -0.1) is 0 Å². The molecule has 20 heavy (non-hydrogen) atoms. The minimum atomic E-state index is -3.75. The van der Waals surface area contributed by atoms with Crippen molar-refractivity contribution in [2.24, 2.45) is 5.73 Å². The summed E-state index contributed by atoms with van der Waals surface area (Å²) in [4.78, 5) is 14.6. The van der Waals surface area contributed by atoms with Gasteiger partial charge in [-0.25, -0.2) is 13.4 Å². The van der Waals surface area contributed by atoms with Gasteiger partial charge in [-0.3, -0.25) is 9.52 Å². The molecule has 7 nitrogen and oxygen atoms in total. The number of benzene rings is 1. The Morgan fingerprint density at radius 1 is 1.10 bits per heavy atom. The maximum absolute atomic E-state index is 12.0. The lowest BCUT2D eigenvalue weighted by atomic mass is 10.2. The number of nitrogens with one attached hydrogen (secondary N) is 1. The van der Waals surface area contributed by atoms with Crippen molar-refractivity contribution in [3.8, 4) is 0 Å². The molecule has 8 heteroatoms. The summed E-state index contributed by atoms with van der Waals surface area (Å²) in [6.07, 6.45) is 1.16. The van der Waals surface area contributed by atoms with Crippen molar-refractivity contribution < 1.29 is 13.2 Å². The van der Waals surface area contributed by atoms with Gasteiger partial charge in [-0.05, 0) is 36.4 Å². The number of carbonyl (C=O) groups is 1. The number of amides is 1. The molecule has 5 N–H and O–H groups in total. The molecule has 2 rings (SSSR count). The van der Waals surface area contributed by atoms with Crippen molar-refractivity contribution in [1.29, 1.82) is 0 Å². The molecular weight excluding hydrogens is 280 g/mol. The number of anilines is 2. The maximum Gasteiger partial charge on any atom is 0.263 e. The number of rotatable bonds is 4. The SMILES string of the molecule is NC(=O)c1ccc(NS(=O)(=O)c2ccc(N)nc2)cc1. The maximum atomic E-state index is 12.0. The molecule has 0 aliphatic rings. The van der Waals surface area contributed by atoms with Gasteiger partial charge in [0.2, 0.25) is 5.91 Å². The van der Waals surface area contributed by atoms with Gasteiger partial charge in [0, 0.05) is 17.4 Å². The van der Waals surface area contributed by atoms with E-state index in [2.05, 4.69) is 9.71 Å². The number of sulfonamides is 1. The van der Waals surface area contributed by atoms with Crippen LogP contribution in [0.5, 0.6) is 0 Å². The van der Waals surface area contributed by atoms with Crippen LogP contribution in [0.3, 0.4) is 0 Å². The molecule has 0 spiro atoms. The fraction of sp³-hybridized carbons (Fsp3) is 0. The van der Waals surface area contributed by atoms with Crippen molar-refractivity contribution >= 4 is 27.4 Å². The summed E-state index contributed by atoms with van der Waals surface area (Å²) in [6.45, 7) is 0. The smallest absolute Gasteiger partial charge is 0.263 e. The predicted molar refractivity (Wildman–Crippen MR) is 74.4 cm³/mol. The van der Waals surface area contributed by atoms with Crippen LogP contribution in [0.15, 0.2) is 47.5 Å². The van der Waals surface area contributed by atoms with E-state index in [9.17, 15) is 13.2 Å². The van der Waals surface area contributed by atoms with Crippen LogP contribution in [0.25, 0.3) is 0 Å². The Morgan fingerprint density at radius 3 is 2.25 bits per heavy atom. The molecule has 0 bridgehead atoms. The van der Waals surface area contributed by atoms with Crippen molar-refractivity contribution in [3.63, 3.8) is 0 Å². The fourth-order valence-corrected chi connectivity index (χ4v) is 2.47. The average Bonchev–Trinajstić information content (AvgIpc) is 2.39. The molecule has 0 unspecified atom stereocenters. The molecule has 0 fully saturated rings. The summed E-state index contributed by atoms with van der Waals surface area (Å²) in [6, 6.07) is 8.50. The number of nitrogens with zero attached hydrogens (tertiary/aromatic N) is 1. The lowest BCUT2D eigenvalue weighted by Gasteiger charge is -2.08. The van der Waals surface area contributed by atoms with E-state index in [-0.39, 0.29) is 10.7 Å². The summed E-state index contributed by atoms with van der Waals surface area (Å²) < 4.78 is 26.5. The van der Waals surface area contributed by atoms with E-state index in [1.807, 2.05) is 0 Å². The van der Waals surface area contributed by atoms with E-state index in [1.165, 1.54) is 36.4 Å². The zero-order chi connectivity index (χ0) is 14.8. The second-order valence-electron chi connectivity index (χ2n) is 3.97. The highest BCUT2D eigenvalue weighted by atomic mass is 32.2. The first-order valence-electron chi connectivity index (χ1n) is 5.53. The number of hydrogen-bond donors (Lipinski definition) is 3. The van der Waals surface area contributed by atoms with Crippen LogP contribution in [-0.4, -0.2) is 19.3 Å². The average molecular weight is 292 g/mol. The minimum absolute atomic E-state index is 0.00863. The minimum Gasteiger partial charge on any atom is -0.384 e. The Hall–Kier alpha value is -2.61. The first-order chi connectivity index (χ1) is 9.38. The molecule has 1 aromatic heterocycles. The molecular formula is C12H12N4O3S. The Kier molecular flexibility index (Phi) is 3.57. The van der Waals surface area contributed by atoms with Crippen LogP contribution < -0.4 is 16.2 Å². The number of nitrogen functional groups attached to an aromatic ring is 1. The topological polar surface area (TPSA) is 128 Å². The highest BCUT2D eigenvalue weighted by Crippen LogP contribution is 2.16. The van der Waals surface area contributed by atoms with Gasteiger partial charge in [0.25, 0.3) is 10.0 Å². The second kappa shape index (κ2) is 5.17. The molecule has 2 aromatic rings. The largest absolute Gasteiger partial charge is 0.384 e. The molecule has 1 heterocycles. The molecule has 104 valence electrons. The number of hydrogen-bond acceptors (Lipinski definition) is 5. The van der Waals surface area contributed by atoms with Crippen LogP contribution in [-0.2, 0) is 10.0 Å². The van der Waals surface area contributed by atoms with E-state index >= 15 is 0 Å². The number of nitrogens with two attached hydrogens (primary N) is 2. The third-order valence-electron chi connectivity index (χ3n) is 2.49.